The largest absolute Gasteiger partial charge is 0.496 e. The van der Waals surface area contributed by atoms with Crippen molar-refractivity contribution in [3.63, 3.8) is 0 Å². The van der Waals surface area contributed by atoms with Crippen LogP contribution in [0.1, 0.15) is 52.2 Å². The predicted molar refractivity (Wildman–Crippen MR) is 159 cm³/mol. The van der Waals surface area contributed by atoms with Gasteiger partial charge in [-0.25, -0.2) is 13.8 Å². The van der Waals surface area contributed by atoms with Gasteiger partial charge in [0.25, 0.3) is 5.56 Å². The van der Waals surface area contributed by atoms with Crippen molar-refractivity contribution in [1.82, 2.24) is 29.4 Å². The molecule has 3 aromatic heterocycles. The summed E-state index contributed by atoms with van der Waals surface area (Å²) < 4.78 is 28.6. The molecule has 4 rings (SSSR count). The molecule has 0 spiro atoms. The normalized spacial score (nSPS) is 13.2. The number of halogens is 1. The van der Waals surface area contributed by atoms with Crippen molar-refractivity contribution in [3.8, 4) is 16.8 Å². The van der Waals surface area contributed by atoms with Crippen molar-refractivity contribution < 1.29 is 18.7 Å². The first-order valence-electron chi connectivity index (χ1n) is 13.6. The number of benzene rings is 1. The van der Waals surface area contributed by atoms with Crippen LogP contribution < -0.4 is 21.3 Å². The van der Waals surface area contributed by atoms with Crippen molar-refractivity contribution in [1.29, 1.82) is 5.26 Å². The number of hydrogen-bond acceptors (Lipinski definition) is 9. The van der Waals surface area contributed by atoms with E-state index in [4.69, 9.17) is 9.47 Å². The van der Waals surface area contributed by atoms with E-state index in [1.807, 2.05) is 6.07 Å². The lowest BCUT2D eigenvalue weighted by atomic mass is 9.94. The van der Waals surface area contributed by atoms with E-state index >= 15 is 0 Å². The zero-order valence-corrected chi connectivity index (χ0v) is 25.9. The first-order valence-corrected chi connectivity index (χ1v) is 14.4. The molecule has 1 amide bonds. The fourth-order valence-corrected chi connectivity index (χ4v) is 6.15. The Labute approximate surface area is 251 Å². The summed E-state index contributed by atoms with van der Waals surface area (Å²) in [6.07, 6.45) is 3.02. The average Bonchev–Trinajstić information content (AvgIpc) is 3.59. The lowest BCUT2D eigenvalue weighted by Crippen LogP contribution is -2.57. The minimum atomic E-state index is -1.60. The molecule has 0 aliphatic carbocycles. The summed E-state index contributed by atoms with van der Waals surface area (Å²) in [5.41, 5.74) is -3.63. The van der Waals surface area contributed by atoms with E-state index in [-0.39, 0.29) is 31.0 Å². The van der Waals surface area contributed by atoms with Crippen LogP contribution in [-0.4, -0.2) is 49.8 Å². The number of rotatable bonds is 11. The van der Waals surface area contributed by atoms with Gasteiger partial charge in [-0.3, -0.25) is 14.2 Å². The number of nitrogens with one attached hydrogen (secondary N) is 1. The number of aromatic nitrogens is 5. The molecule has 0 saturated heterocycles. The van der Waals surface area contributed by atoms with Crippen LogP contribution in [0, 0.1) is 24.1 Å². The van der Waals surface area contributed by atoms with Crippen LogP contribution in [0.15, 0.2) is 40.2 Å². The molecule has 0 aliphatic heterocycles. The van der Waals surface area contributed by atoms with Crippen LogP contribution in [0.2, 0.25) is 0 Å². The zero-order chi connectivity index (χ0) is 31.7. The predicted octanol–water partition coefficient (Wildman–Crippen LogP) is 3.37. The van der Waals surface area contributed by atoms with Gasteiger partial charge < -0.3 is 14.8 Å². The number of nitrogens with zero attached hydrogens (tertiary/aromatic N) is 6. The Kier molecular flexibility index (Phi) is 8.89. The standard InChI is InChI=1S/C29H34FN7O5S/c1-17(2)34-26(39)28(4,5)36-23(38)22-18(3)24(37-32-12-13-33-37)43-25(22)35(27(36)40)16-29(6,42-14-8-11-31)20-15-19(30)9-10-21(20)41-7/h9-10,12-13,15,17H,8,14,16H2,1-7H3,(H,34,39). The van der Waals surface area contributed by atoms with Gasteiger partial charge in [-0.2, -0.15) is 15.5 Å². The monoisotopic (exact) mass is 611 g/mol. The molecule has 0 saturated carbocycles. The number of methoxy groups -OCH3 is 1. The molecule has 0 radical (unpaired) electrons. The third-order valence-electron chi connectivity index (χ3n) is 7.15. The number of hydrogen-bond donors (Lipinski definition) is 1. The van der Waals surface area contributed by atoms with Gasteiger partial charge in [-0.15, -0.1) is 4.80 Å². The summed E-state index contributed by atoms with van der Waals surface area (Å²) in [6.45, 7) is 9.68. The molecule has 4 aromatic rings. The summed E-state index contributed by atoms with van der Waals surface area (Å²) >= 11 is 1.13. The van der Waals surface area contributed by atoms with Crippen molar-refractivity contribution in [3.05, 3.63) is 68.4 Å². The van der Waals surface area contributed by atoms with Gasteiger partial charge in [0.2, 0.25) is 5.91 Å². The van der Waals surface area contributed by atoms with Gasteiger partial charge in [-0.05, 0) is 59.7 Å². The third kappa shape index (κ3) is 5.82. The van der Waals surface area contributed by atoms with E-state index in [9.17, 15) is 24.0 Å². The maximum absolute atomic E-state index is 14.6. The Morgan fingerprint density at radius 1 is 1.21 bits per heavy atom. The third-order valence-corrected chi connectivity index (χ3v) is 8.43. The van der Waals surface area contributed by atoms with Gasteiger partial charge >= 0.3 is 5.69 Å². The molecule has 1 aromatic carbocycles. The average molecular weight is 612 g/mol. The maximum atomic E-state index is 14.6. The van der Waals surface area contributed by atoms with E-state index < -0.39 is 34.1 Å². The number of nitriles is 1. The second-order valence-corrected chi connectivity index (χ2v) is 12.0. The summed E-state index contributed by atoms with van der Waals surface area (Å²) in [6, 6.07) is 5.72. The van der Waals surface area contributed by atoms with Gasteiger partial charge in [0.1, 0.15) is 32.5 Å². The molecule has 1 atom stereocenters. The smallest absolute Gasteiger partial charge is 0.333 e. The van der Waals surface area contributed by atoms with Crippen LogP contribution in [-0.2, 0) is 27.2 Å². The van der Waals surface area contributed by atoms with Crippen molar-refractivity contribution in [2.75, 3.05) is 13.7 Å². The molecule has 228 valence electrons. The first-order chi connectivity index (χ1) is 20.3. The van der Waals surface area contributed by atoms with Crippen LogP contribution in [0.3, 0.4) is 0 Å². The summed E-state index contributed by atoms with van der Waals surface area (Å²) in [4.78, 5) is 43.5. The molecule has 14 heteroatoms. The van der Waals surface area contributed by atoms with E-state index in [0.29, 0.717) is 26.7 Å². The number of carbonyl (C=O) groups is 1. The number of thiophene rings is 1. The topological polar surface area (TPSA) is 146 Å². The number of amides is 1. The number of aryl methyl sites for hydroxylation is 1. The molecule has 0 fully saturated rings. The molecule has 0 bridgehead atoms. The second-order valence-electron chi connectivity index (χ2n) is 11.1. The highest BCUT2D eigenvalue weighted by molar-refractivity contribution is 7.21. The Balaban J connectivity index is 2.08. The van der Waals surface area contributed by atoms with Crippen LogP contribution >= 0.6 is 11.3 Å². The summed E-state index contributed by atoms with van der Waals surface area (Å²) in [5.74, 6) is -0.771. The van der Waals surface area contributed by atoms with Gasteiger partial charge in [-0.1, -0.05) is 11.3 Å². The van der Waals surface area contributed by atoms with E-state index in [1.165, 1.54) is 60.9 Å². The molecule has 1 N–H and O–H groups in total. The minimum Gasteiger partial charge on any atom is -0.496 e. The fourth-order valence-electron chi connectivity index (χ4n) is 4.94. The highest BCUT2D eigenvalue weighted by Gasteiger charge is 2.39. The van der Waals surface area contributed by atoms with Crippen LogP contribution in [0.5, 0.6) is 5.75 Å². The molecule has 43 heavy (non-hydrogen) atoms. The first kappa shape index (κ1) is 31.6. The lowest BCUT2D eigenvalue weighted by Gasteiger charge is -2.33. The number of fused-ring (bicyclic) bond motifs is 1. The SMILES string of the molecule is COc1ccc(F)cc1C(C)(Cn1c(=O)n(C(C)(C)C(=O)NC(C)C)c(=O)c2c(C)c(-n3nccn3)sc21)OCCC#N. The highest BCUT2D eigenvalue weighted by Crippen LogP contribution is 2.37. The van der Waals surface area contributed by atoms with E-state index in [2.05, 4.69) is 15.5 Å². The fraction of sp³-hybridized carbons (Fsp3) is 0.448. The van der Waals surface area contributed by atoms with Crippen LogP contribution in [0.4, 0.5) is 4.39 Å². The van der Waals surface area contributed by atoms with Gasteiger partial charge in [0.15, 0.2) is 0 Å². The van der Waals surface area contributed by atoms with E-state index in [0.717, 1.165) is 15.9 Å². The molecule has 0 aliphatic rings. The van der Waals surface area contributed by atoms with Crippen LogP contribution in [0.25, 0.3) is 15.2 Å². The van der Waals surface area contributed by atoms with Crippen molar-refractivity contribution in [2.24, 2.45) is 0 Å². The Bertz CT molecular complexity index is 1820. The molecule has 12 nitrogen and oxygen atoms in total. The Morgan fingerprint density at radius 2 is 1.88 bits per heavy atom. The van der Waals surface area contributed by atoms with Gasteiger partial charge in [0, 0.05) is 17.2 Å². The summed E-state index contributed by atoms with van der Waals surface area (Å²) in [5, 5.41) is 21.1. The Morgan fingerprint density at radius 3 is 2.49 bits per heavy atom. The minimum absolute atomic E-state index is 0.0294. The summed E-state index contributed by atoms with van der Waals surface area (Å²) in [7, 11) is 1.43. The Hall–Kier alpha value is -4.35. The lowest BCUT2D eigenvalue weighted by molar-refractivity contribution is -0.129. The van der Waals surface area contributed by atoms with Crippen molar-refractivity contribution >= 4 is 27.5 Å². The van der Waals surface area contributed by atoms with Gasteiger partial charge in [0.05, 0.1) is 50.5 Å². The number of ether oxygens (including phenoxy) is 2. The highest BCUT2D eigenvalue weighted by atomic mass is 32.1. The van der Waals surface area contributed by atoms with Crippen molar-refractivity contribution in [2.45, 2.75) is 71.7 Å². The molecule has 1 unspecified atom stereocenters. The molecular weight excluding hydrogens is 577 g/mol. The maximum Gasteiger partial charge on any atom is 0.333 e. The molecular formula is C29H34FN7O5S. The second kappa shape index (κ2) is 12.1. The zero-order valence-electron chi connectivity index (χ0n) is 25.1. The number of carbonyl (C=O) groups excluding carboxylic acids is 1. The quantitative estimate of drug-likeness (QED) is 0.254. The van der Waals surface area contributed by atoms with E-state index in [1.54, 1.807) is 27.7 Å². The molecule has 3 heterocycles.